The highest BCUT2D eigenvalue weighted by Crippen LogP contribution is 2.18. The number of carbonyl (C=O) groups is 2. The molecule has 0 spiro atoms. The van der Waals surface area contributed by atoms with Crippen molar-refractivity contribution in [2.24, 2.45) is 5.92 Å². The average molecular weight is 272 g/mol. The number of methoxy groups -OCH3 is 1. The van der Waals surface area contributed by atoms with Crippen molar-refractivity contribution >= 4 is 11.9 Å². The van der Waals surface area contributed by atoms with Crippen LogP contribution in [0.1, 0.15) is 19.8 Å². The number of likely N-dealkylation sites (tertiary alicyclic amines) is 1. The summed E-state index contributed by atoms with van der Waals surface area (Å²) in [5, 5.41) is 9.25. The number of rotatable bonds is 5. The van der Waals surface area contributed by atoms with Crippen molar-refractivity contribution in [1.29, 1.82) is 0 Å². The average Bonchev–Trinajstić information content (AvgIpc) is 2.36. The maximum Gasteiger partial charge on any atom is 0.308 e. The first-order valence-corrected chi connectivity index (χ1v) is 6.66. The minimum atomic E-state index is -0.442. The lowest BCUT2D eigenvalue weighted by Crippen LogP contribution is -2.45. The molecule has 0 aromatic heterocycles. The van der Waals surface area contributed by atoms with E-state index in [9.17, 15) is 14.7 Å². The Morgan fingerprint density at radius 2 is 2.00 bits per heavy atom. The lowest BCUT2D eigenvalue weighted by atomic mass is 9.97. The van der Waals surface area contributed by atoms with Gasteiger partial charge in [0.2, 0.25) is 5.91 Å². The van der Waals surface area contributed by atoms with Gasteiger partial charge in [0.05, 0.1) is 25.7 Å². The van der Waals surface area contributed by atoms with Gasteiger partial charge in [-0.3, -0.25) is 14.5 Å². The van der Waals surface area contributed by atoms with Crippen LogP contribution in [-0.2, 0) is 14.3 Å². The molecule has 1 amide bonds. The monoisotopic (exact) mass is 272 g/mol. The molecule has 0 aliphatic carbocycles. The van der Waals surface area contributed by atoms with Crippen LogP contribution in [0, 0.1) is 5.92 Å². The Hall–Kier alpha value is -1.14. The number of aliphatic hydroxyl groups excluding tert-OH is 1. The third kappa shape index (κ3) is 5.16. The van der Waals surface area contributed by atoms with Crippen molar-refractivity contribution in [3.8, 4) is 0 Å². The number of carbonyl (C=O) groups excluding carboxylic acids is 2. The quantitative estimate of drug-likeness (QED) is 0.697. The van der Waals surface area contributed by atoms with Crippen LogP contribution in [0.4, 0.5) is 0 Å². The first-order valence-electron chi connectivity index (χ1n) is 6.66. The maximum absolute atomic E-state index is 12.0. The first kappa shape index (κ1) is 15.9. The second-order valence-electron chi connectivity index (χ2n) is 5.22. The summed E-state index contributed by atoms with van der Waals surface area (Å²) in [4.78, 5) is 27.0. The van der Waals surface area contributed by atoms with E-state index < -0.39 is 6.10 Å². The Balaban J connectivity index is 2.34. The summed E-state index contributed by atoms with van der Waals surface area (Å²) >= 11 is 0. The summed E-state index contributed by atoms with van der Waals surface area (Å²) in [6.07, 6.45) is 0.889. The smallest absolute Gasteiger partial charge is 0.308 e. The van der Waals surface area contributed by atoms with Gasteiger partial charge in [-0.2, -0.15) is 0 Å². The van der Waals surface area contributed by atoms with E-state index >= 15 is 0 Å². The molecule has 1 heterocycles. The van der Waals surface area contributed by atoms with Gasteiger partial charge >= 0.3 is 5.97 Å². The second-order valence-corrected chi connectivity index (χ2v) is 5.22. The van der Waals surface area contributed by atoms with Gasteiger partial charge in [0.25, 0.3) is 0 Å². The summed E-state index contributed by atoms with van der Waals surface area (Å²) in [7, 11) is 3.21. The SMILES string of the molecule is COC(=O)C1CCN(C(=O)CN(C)CC(C)O)CC1. The van der Waals surface area contributed by atoms with Crippen molar-refractivity contribution in [1.82, 2.24) is 9.80 Å². The van der Waals surface area contributed by atoms with E-state index in [1.165, 1.54) is 7.11 Å². The molecule has 1 unspecified atom stereocenters. The molecule has 0 saturated carbocycles. The Morgan fingerprint density at radius 1 is 1.42 bits per heavy atom. The van der Waals surface area contributed by atoms with Gasteiger partial charge in [0.15, 0.2) is 0 Å². The van der Waals surface area contributed by atoms with Crippen LogP contribution in [0.5, 0.6) is 0 Å². The maximum atomic E-state index is 12.0. The Morgan fingerprint density at radius 3 is 2.47 bits per heavy atom. The number of hydrogen-bond donors (Lipinski definition) is 1. The second kappa shape index (κ2) is 7.45. The fraction of sp³-hybridized carbons (Fsp3) is 0.846. The molecule has 1 aliphatic heterocycles. The van der Waals surface area contributed by atoms with E-state index in [4.69, 9.17) is 4.74 Å². The van der Waals surface area contributed by atoms with Gasteiger partial charge in [-0.25, -0.2) is 0 Å². The normalized spacial score (nSPS) is 18.5. The number of ether oxygens (including phenoxy) is 1. The van der Waals surface area contributed by atoms with Gasteiger partial charge in [-0.05, 0) is 26.8 Å². The summed E-state index contributed by atoms with van der Waals surface area (Å²) in [6.45, 7) is 3.67. The van der Waals surface area contributed by atoms with E-state index in [2.05, 4.69) is 0 Å². The Bertz CT molecular complexity index is 312. The number of nitrogens with zero attached hydrogens (tertiary/aromatic N) is 2. The lowest BCUT2D eigenvalue weighted by Gasteiger charge is -2.32. The Labute approximate surface area is 114 Å². The third-order valence-electron chi connectivity index (χ3n) is 3.36. The molecular weight excluding hydrogens is 248 g/mol. The molecule has 1 fully saturated rings. The molecule has 6 heteroatoms. The molecule has 110 valence electrons. The molecule has 19 heavy (non-hydrogen) atoms. The van der Waals surface area contributed by atoms with Crippen molar-refractivity contribution in [2.75, 3.05) is 40.3 Å². The molecular formula is C13H24N2O4. The highest BCUT2D eigenvalue weighted by molar-refractivity contribution is 5.79. The Kier molecular flexibility index (Phi) is 6.24. The minimum Gasteiger partial charge on any atom is -0.469 e. The van der Waals surface area contributed by atoms with Gasteiger partial charge in [0.1, 0.15) is 0 Å². The van der Waals surface area contributed by atoms with E-state index in [0.29, 0.717) is 39.0 Å². The number of hydrogen-bond acceptors (Lipinski definition) is 5. The highest BCUT2D eigenvalue weighted by atomic mass is 16.5. The fourth-order valence-electron chi connectivity index (χ4n) is 2.38. The highest BCUT2D eigenvalue weighted by Gasteiger charge is 2.28. The number of piperidine rings is 1. The lowest BCUT2D eigenvalue weighted by molar-refractivity contribution is -0.149. The summed E-state index contributed by atoms with van der Waals surface area (Å²) in [5.41, 5.74) is 0. The molecule has 0 radical (unpaired) electrons. The molecule has 6 nitrogen and oxygen atoms in total. The first-order chi connectivity index (χ1) is 8.93. The van der Waals surface area contributed by atoms with Gasteiger partial charge in [0, 0.05) is 19.6 Å². The predicted molar refractivity (Wildman–Crippen MR) is 70.5 cm³/mol. The molecule has 0 aromatic rings. The van der Waals surface area contributed by atoms with Gasteiger partial charge < -0.3 is 14.7 Å². The van der Waals surface area contributed by atoms with E-state index in [1.807, 2.05) is 7.05 Å². The number of esters is 1. The fourth-order valence-corrected chi connectivity index (χ4v) is 2.38. The topological polar surface area (TPSA) is 70.1 Å². The molecule has 0 bridgehead atoms. The van der Waals surface area contributed by atoms with Crippen LogP contribution in [0.3, 0.4) is 0 Å². The third-order valence-corrected chi connectivity index (χ3v) is 3.36. The van der Waals surface area contributed by atoms with Crippen molar-refractivity contribution < 1.29 is 19.4 Å². The summed E-state index contributed by atoms with van der Waals surface area (Å²) < 4.78 is 4.72. The number of aliphatic hydroxyl groups is 1. The minimum absolute atomic E-state index is 0.0477. The molecule has 1 aliphatic rings. The van der Waals surface area contributed by atoms with Crippen LogP contribution < -0.4 is 0 Å². The van der Waals surface area contributed by atoms with E-state index in [1.54, 1.807) is 16.7 Å². The molecule has 1 N–H and O–H groups in total. The number of amides is 1. The molecule has 1 rings (SSSR count). The van der Waals surface area contributed by atoms with Crippen LogP contribution >= 0.6 is 0 Å². The van der Waals surface area contributed by atoms with Crippen LogP contribution in [0.2, 0.25) is 0 Å². The van der Waals surface area contributed by atoms with Gasteiger partial charge in [-0.15, -0.1) is 0 Å². The standard InChI is InChI=1S/C13H24N2O4/c1-10(16)8-14(2)9-12(17)15-6-4-11(5-7-15)13(18)19-3/h10-11,16H,4-9H2,1-3H3. The van der Waals surface area contributed by atoms with Crippen molar-refractivity contribution in [3.63, 3.8) is 0 Å². The van der Waals surface area contributed by atoms with Crippen molar-refractivity contribution in [2.45, 2.75) is 25.9 Å². The van der Waals surface area contributed by atoms with E-state index in [-0.39, 0.29) is 17.8 Å². The predicted octanol–water partition coefficient (Wildman–Crippen LogP) is -0.289. The van der Waals surface area contributed by atoms with Crippen LogP contribution in [0.25, 0.3) is 0 Å². The molecule has 1 saturated heterocycles. The van der Waals surface area contributed by atoms with E-state index in [0.717, 1.165) is 0 Å². The summed E-state index contributed by atoms with van der Waals surface area (Å²) in [6, 6.07) is 0. The van der Waals surface area contributed by atoms with Crippen molar-refractivity contribution in [3.05, 3.63) is 0 Å². The number of likely N-dealkylation sites (N-methyl/N-ethyl adjacent to an activating group) is 1. The summed E-state index contributed by atoms with van der Waals surface area (Å²) in [5.74, 6) is -0.214. The molecule has 1 atom stereocenters. The molecule has 0 aromatic carbocycles. The van der Waals surface area contributed by atoms with Crippen LogP contribution in [0.15, 0.2) is 0 Å². The van der Waals surface area contributed by atoms with Crippen LogP contribution in [-0.4, -0.2) is 73.2 Å². The zero-order valence-corrected chi connectivity index (χ0v) is 12.0. The van der Waals surface area contributed by atoms with Gasteiger partial charge in [-0.1, -0.05) is 0 Å². The zero-order valence-electron chi connectivity index (χ0n) is 12.0. The zero-order chi connectivity index (χ0) is 14.4. The largest absolute Gasteiger partial charge is 0.469 e.